The number of nitrogens with zero attached hydrogens (tertiary/aromatic N) is 2. The number of allylic oxidation sites excluding steroid dienone is 2. The molecule has 1 saturated heterocycles. The quantitative estimate of drug-likeness (QED) is 0.404. The summed E-state index contributed by atoms with van der Waals surface area (Å²) in [6, 6.07) is 6.53. The van der Waals surface area contributed by atoms with Crippen molar-refractivity contribution in [3.63, 3.8) is 0 Å². The smallest absolute Gasteiger partial charge is 0.242 e. The Balaban J connectivity index is 1.76. The summed E-state index contributed by atoms with van der Waals surface area (Å²) in [6.45, 7) is 6.57. The van der Waals surface area contributed by atoms with Crippen LogP contribution < -0.4 is 5.32 Å². The molecular weight excluding hydrogens is 454 g/mol. The number of nitrogens with one attached hydrogen (secondary N) is 1. The summed E-state index contributed by atoms with van der Waals surface area (Å²) in [4.78, 5) is 54.7. The van der Waals surface area contributed by atoms with Gasteiger partial charge in [-0.05, 0) is 36.8 Å². The molecule has 1 aromatic carbocycles. The maximum atomic E-state index is 13.4. The van der Waals surface area contributed by atoms with Gasteiger partial charge in [0.25, 0.3) is 0 Å². The van der Waals surface area contributed by atoms with Gasteiger partial charge in [0.15, 0.2) is 0 Å². The third kappa shape index (κ3) is 5.87. The van der Waals surface area contributed by atoms with E-state index in [1.54, 1.807) is 6.07 Å². The van der Waals surface area contributed by atoms with Crippen molar-refractivity contribution in [3.8, 4) is 0 Å². The number of likely N-dealkylation sites (tertiary alicyclic amines) is 1. The summed E-state index contributed by atoms with van der Waals surface area (Å²) in [5.74, 6) is -1.28. The Bertz CT molecular complexity index is 935. The zero-order chi connectivity index (χ0) is 24.8. The molecule has 1 aliphatic carbocycles. The molecule has 0 radical (unpaired) electrons. The van der Waals surface area contributed by atoms with E-state index in [-0.39, 0.29) is 60.9 Å². The Morgan fingerprint density at radius 1 is 1.12 bits per heavy atom. The summed E-state index contributed by atoms with van der Waals surface area (Å²) >= 11 is 6.35. The van der Waals surface area contributed by atoms with Crippen LogP contribution in [0.15, 0.2) is 36.4 Å². The van der Waals surface area contributed by atoms with Crippen LogP contribution in [0.1, 0.15) is 52.0 Å². The van der Waals surface area contributed by atoms with Crippen LogP contribution in [0.4, 0.5) is 0 Å². The fourth-order valence-electron chi connectivity index (χ4n) is 4.59. The van der Waals surface area contributed by atoms with Gasteiger partial charge < -0.3 is 10.2 Å². The lowest BCUT2D eigenvalue weighted by atomic mass is 9.85. The van der Waals surface area contributed by atoms with E-state index in [0.29, 0.717) is 30.8 Å². The van der Waals surface area contributed by atoms with E-state index in [1.165, 1.54) is 9.80 Å². The maximum absolute atomic E-state index is 13.4. The van der Waals surface area contributed by atoms with Gasteiger partial charge in [-0.25, -0.2) is 0 Å². The van der Waals surface area contributed by atoms with Gasteiger partial charge >= 0.3 is 0 Å². The van der Waals surface area contributed by atoms with E-state index in [1.807, 2.05) is 51.1 Å². The average molecular weight is 488 g/mol. The predicted octanol–water partition coefficient (Wildman–Crippen LogP) is 3.56. The molecule has 8 heteroatoms. The third-order valence-corrected chi connectivity index (χ3v) is 6.89. The minimum atomic E-state index is -0.681. The van der Waals surface area contributed by atoms with E-state index in [2.05, 4.69) is 5.32 Å². The van der Waals surface area contributed by atoms with E-state index >= 15 is 0 Å². The van der Waals surface area contributed by atoms with Crippen molar-refractivity contribution in [2.45, 2.75) is 59.0 Å². The maximum Gasteiger partial charge on any atom is 0.242 e. The number of hydrogen-bond donors (Lipinski definition) is 1. The normalized spacial score (nSPS) is 20.4. The van der Waals surface area contributed by atoms with Crippen LogP contribution in [0, 0.1) is 17.8 Å². The highest BCUT2D eigenvalue weighted by Gasteiger charge is 2.47. The lowest BCUT2D eigenvalue weighted by Crippen LogP contribution is -2.50. The van der Waals surface area contributed by atoms with Gasteiger partial charge in [-0.1, -0.05) is 62.7 Å². The van der Waals surface area contributed by atoms with Crippen molar-refractivity contribution in [2.75, 3.05) is 13.1 Å². The zero-order valence-corrected chi connectivity index (χ0v) is 20.9. The highest BCUT2D eigenvalue weighted by molar-refractivity contribution is 6.31. The number of carbonyl (C=O) groups is 4. The van der Waals surface area contributed by atoms with Gasteiger partial charge in [0.1, 0.15) is 6.04 Å². The highest BCUT2D eigenvalue weighted by atomic mass is 35.5. The van der Waals surface area contributed by atoms with E-state index in [4.69, 9.17) is 11.6 Å². The van der Waals surface area contributed by atoms with Crippen molar-refractivity contribution in [1.29, 1.82) is 0 Å². The van der Waals surface area contributed by atoms with Gasteiger partial charge in [0.05, 0.1) is 11.8 Å². The molecule has 1 N–H and O–H groups in total. The van der Waals surface area contributed by atoms with Crippen LogP contribution in [-0.4, -0.2) is 52.6 Å². The number of rotatable bonds is 10. The van der Waals surface area contributed by atoms with Crippen LogP contribution in [0.3, 0.4) is 0 Å². The van der Waals surface area contributed by atoms with Gasteiger partial charge in [-0.3, -0.25) is 24.1 Å². The van der Waals surface area contributed by atoms with Crippen LogP contribution in [0.5, 0.6) is 0 Å². The molecule has 3 rings (SSSR count). The van der Waals surface area contributed by atoms with Gasteiger partial charge in [-0.15, -0.1) is 0 Å². The first-order chi connectivity index (χ1) is 16.2. The minimum Gasteiger partial charge on any atom is -0.354 e. The number of imide groups is 1. The van der Waals surface area contributed by atoms with Gasteiger partial charge in [0.2, 0.25) is 23.6 Å². The molecule has 1 aliphatic heterocycles. The van der Waals surface area contributed by atoms with Gasteiger partial charge in [-0.2, -0.15) is 0 Å². The van der Waals surface area contributed by atoms with E-state index in [0.717, 1.165) is 5.56 Å². The van der Waals surface area contributed by atoms with Crippen LogP contribution in [0.2, 0.25) is 5.02 Å². The highest BCUT2D eigenvalue weighted by Crippen LogP contribution is 2.35. The molecule has 184 valence electrons. The molecule has 7 nitrogen and oxygen atoms in total. The lowest BCUT2D eigenvalue weighted by Gasteiger charge is -2.31. The Hall–Kier alpha value is -2.67. The lowest BCUT2D eigenvalue weighted by molar-refractivity contribution is -0.144. The molecule has 0 saturated carbocycles. The minimum absolute atomic E-state index is 0.0204. The first-order valence-corrected chi connectivity index (χ1v) is 12.4. The second kappa shape index (κ2) is 11.6. The molecule has 0 unspecified atom stereocenters. The number of fused-ring (bicyclic) bond motifs is 1. The summed E-state index contributed by atoms with van der Waals surface area (Å²) in [5, 5.41) is 3.44. The predicted molar refractivity (Wildman–Crippen MR) is 131 cm³/mol. The molecule has 4 amide bonds. The first-order valence-electron chi connectivity index (χ1n) is 12.0. The molecule has 0 bridgehead atoms. The summed E-state index contributed by atoms with van der Waals surface area (Å²) in [6.07, 6.45) is 5.39. The van der Waals surface area contributed by atoms with Crippen LogP contribution in [0.25, 0.3) is 0 Å². The monoisotopic (exact) mass is 487 g/mol. The zero-order valence-electron chi connectivity index (χ0n) is 20.1. The van der Waals surface area contributed by atoms with Crippen molar-refractivity contribution < 1.29 is 19.2 Å². The topological polar surface area (TPSA) is 86.8 Å². The molecule has 1 fully saturated rings. The molecule has 0 aromatic heterocycles. The van der Waals surface area contributed by atoms with Crippen molar-refractivity contribution >= 4 is 35.2 Å². The van der Waals surface area contributed by atoms with Crippen molar-refractivity contribution in [3.05, 3.63) is 47.0 Å². The SMILES string of the molecule is CC[C@@H](C(=O)NCC(C)C)N(Cc1ccccc1Cl)C(=O)CCN1C(=O)[C@H]2CC=CC[C@H]2C1=O. The Kier molecular flexibility index (Phi) is 8.89. The largest absolute Gasteiger partial charge is 0.354 e. The molecular formula is C26H34ClN3O4. The Morgan fingerprint density at radius 3 is 2.29 bits per heavy atom. The van der Waals surface area contributed by atoms with Crippen LogP contribution >= 0.6 is 11.6 Å². The van der Waals surface area contributed by atoms with E-state index in [9.17, 15) is 19.2 Å². The average Bonchev–Trinajstić information content (AvgIpc) is 3.06. The number of amides is 4. The number of benzene rings is 1. The fraction of sp³-hybridized carbons (Fsp3) is 0.538. The molecule has 3 atom stereocenters. The molecule has 1 heterocycles. The Morgan fingerprint density at radius 2 is 1.74 bits per heavy atom. The second-order valence-electron chi connectivity index (χ2n) is 9.41. The standard InChI is InChI=1S/C26H34ClN3O4/c1-4-22(24(32)28-15-17(2)3)30(16-18-9-5-8-12-21(18)27)23(31)13-14-29-25(33)19-10-6-7-11-20(19)26(29)34/h5-9,12,17,19-20,22H,4,10-11,13-16H2,1-3H3,(H,28,32)/t19-,20+,22-/m0/s1. The van der Waals surface area contributed by atoms with E-state index < -0.39 is 6.04 Å². The summed E-state index contributed by atoms with van der Waals surface area (Å²) in [5.41, 5.74) is 0.734. The molecule has 34 heavy (non-hydrogen) atoms. The van der Waals surface area contributed by atoms with Crippen molar-refractivity contribution in [2.24, 2.45) is 17.8 Å². The van der Waals surface area contributed by atoms with Crippen LogP contribution in [-0.2, 0) is 25.7 Å². The van der Waals surface area contributed by atoms with Gasteiger partial charge in [0, 0.05) is 31.1 Å². The third-order valence-electron chi connectivity index (χ3n) is 6.52. The summed E-state index contributed by atoms with van der Waals surface area (Å²) < 4.78 is 0. The molecule has 2 aliphatic rings. The molecule has 1 aromatic rings. The number of hydrogen-bond acceptors (Lipinski definition) is 4. The number of carbonyl (C=O) groups excluding carboxylic acids is 4. The Labute approximate surface area is 206 Å². The summed E-state index contributed by atoms with van der Waals surface area (Å²) in [7, 11) is 0. The second-order valence-corrected chi connectivity index (χ2v) is 9.82. The first kappa shape index (κ1) is 25.9. The molecule has 0 spiro atoms. The number of halogens is 1. The van der Waals surface area contributed by atoms with Crippen molar-refractivity contribution in [1.82, 2.24) is 15.1 Å². The fourth-order valence-corrected chi connectivity index (χ4v) is 4.79.